The Morgan fingerprint density at radius 3 is 2.33 bits per heavy atom. The van der Waals surface area contributed by atoms with Gasteiger partial charge >= 0.3 is 5.97 Å². The Labute approximate surface area is 106 Å². The lowest BCUT2D eigenvalue weighted by Gasteiger charge is -2.09. The highest BCUT2D eigenvalue weighted by Gasteiger charge is 2.28. The summed E-state index contributed by atoms with van der Waals surface area (Å²) in [5.41, 5.74) is 0.591. The van der Waals surface area contributed by atoms with Crippen LogP contribution in [-0.4, -0.2) is 25.5 Å². The summed E-state index contributed by atoms with van der Waals surface area (Å²) in [6.45, 7) is 1.56. The summed E-state index contributed by atoms with van der Waals surface area (Å²) in [4.78, 5) is 11.0. The van der Waals surface area contributed by atoms with E-state index in [2.05, 4.69) is 4.72 Å². The number of hydrogen-bond acceptors (Lipinski definition) is 3. The summed E-state index contributed by atoms with van der Waals surface area (Å²) < 4.78 is 26.3. The zero-order valence-corrected chi connectivity index (χ0v) is 10.8. The molecule has 1 saturated carbocycles. The molecule has 0 radical (unpaired) electrons. The van der Waals surface area contributed by atoms with Gasteiger partial charge in [-0.2, -0.15) is 0 Å². The van der Waals surface area contributed by atoms with Crippen molar-refractivity contribution >= 4 is 16.0 Å². The highest BCUT2D eigenvalue weighted by molar-refractivity contribution is 7.89. The Balaban J connectivity index is 2.18. The molecule has 0 saturated heterocycles. The van der Waals surface area contributed by atoms with Crippen LogP contribution in [0.1, 0.15) is 31.2 Å². The van der Waals surface area contributed by atoms with Crippen molar-refractivity contribution < 1.29 is 18.3 Å². The second-order valence-corrected chi connectivity index (χ2v) is 6.24. The predicted molar refractivity (Wildman–Crippen MR) is 65.8 cm³/mol. The van der Waals surface area contributed by atoms with Crippen molar-refractivity contribution in [2.75, 3.05) is 0 Å². The van der Waals surface area contributed by atoms with Crippen LogP contribution < -0.4 is 4.72 Å². The Morgan fingerprint density at radius 2 is 1.89 bits per heavy atom. The lowest BCUT2D eigenvalue weighted by Crippen LogP contribution is -2.25. The molecule has 1 fully saturated rings. The average Bonchev–Trinajstić information content (AvgIpc) is 3.11. The molecule has 0 spiro atoms. The quantitative estimate of drug-likeness (QED) is 0.844. The molecule has 0 heterocycles. The van der Waals surface area contributed by atoms with Gasteiger partial charge in [-0.3, -0.25) is 4.79 Å². The summed E-state index contributed by atoms with van der Waals surface area (Å²) in [5.74, 6) is -1.57. The van der Waals surface area contributed by atoms with E-state index in [1.165, 1.54) is 12.1 Å². The Morgan fingerprint density at radius 1 is 1.33 bits per heavy atom. The summed E-state index contributed by atoms with van der Waals surface area (Å²) in [5, 5.41) is 8.86. The average molecular weight is 269 g/mol. The highest BCUT2D eigenvalue weighted by atomic mass is 32.2. The number of sulfonamides is 1. The van der Waals surface area contributed by atoms with E-state index in [0.717, 1.165) is 12.8 Å². The van der Waals surface area contributed by atoms with Crippen LogP contribution in [0.3, 0.4) is 0 Å². The Kier molecular flexibility index (Phi) is 3.41. The van der Waals surface area contributed by atoms with Crippen LogP contribution >= 0.6 is 0 Å². The first-order valence-electron chi connectivity index (χ1n) is 5.75. The molecule has 2 rings (SSSR count). The van der Waals surface area contributed by atoms with E-state index in [4.69, 9.17) is 5.11 Å². The molecule has 98 valence electrons. The third-order valence-corrected chi connectivity index (χ3v) is 4.50. The first-order valence-corrected chi connectivity index (χ1v) is 7.23. The zero-order chi connectivity index (χ0) is 13.3. The maximum Gasteiger partial charge on any atom is 0.310 e. The van der Waals surface area contributed by atoms with Crippen LogP contribution in [0.25, 0.3) is 0 Å². The molecule has 5 nitrogen and oxygen atoms in total. The van der Waals surface area contributed by atoms with Gasteiger partial charge in [0.2, 0.25) is 10.0 Å². The van der Waals surface area contributed by atoms with Crippen LogP contribution in [0.5, 0.6) is 0 Å². The largest absolute Gasteiger partial charge is 0.481 e. The third kappa shape index (κ3) is 2.88. The number of hydrogen-bond donors (Lipinski definition) is 2. The molecule has 0 aromatic heterocycles. The fourth-order valence-electron chi connectivity index (χ4n) is 1.57. The van der Waals surface area contributed by atoms with Crippen molar-refractivity contribution in [1.29, 1.82) is 0 Å². The molecule has 0 amide bonds. The second kappa shape index (κ2) is 4.70. The molecule has 1 aliphatic carbocycles. The minimum Gasteiger partial charge on any atom is -0.481 e. The molecular formula is C12H15NO4S. The molecule has 1 atom stereocenters. The summed E-state index contributed by atoms with van der Waals surface area (Å²) in [6.07, 6.45) is 1.76. The van der Waals surface area contributed by atoms with Crippen LogP contribution in [0.2, 0.25) is 0 Å². The topological polar surface area (TPSA) is 83.5 Å². The molecule has 6 heteroatoms. The minimum atomic E-state index is -3.46. The molecule has 1 aliphatic rings. The number of nitrogens with one attached hydrogen (secondary N) is 1. The summed E-state index contributed by atoms with van der Waals surface area (Å²) in [7, 11) is -3.46. The normalized spacial score (nSPS) is 17.4. The fourth-order valence-corrected chi connectivity index (χ4v) is 2.87. The van der Waals surface area contributed by atoms with E-state index in [1.54, 1.807) is 19.1 Å². The van der Waals surface area contributed by atoms with Crippen LogP contribution in [0.15, 0.2) is 29.2 Å². The fraction of sp³-hybridized carbons (Fsp3) is 0.417. The van der Waals surface area contributed by atoms with Crippen molar-refractivity contribution in [2.45, 2.75) is 36.6 Å². The van der Waals surface area contributed by atoms with E-state index >= 15 is 0 Å². The minimum absolute atomic E-state index is 0.0626. The first kappa shape index (κ1) is 13.0. The van der Waals surface area contributed by atoms with Gasteiger partial charge < -0.3 is 5.11 Å². The lowest BCUT2D eigenvalue weighted by atomic mass is 10.0. The van der Waals surface area contributed by atoms with Gasteiger partial charge in [0.25, 0.3) is 0 Å². The lowest BCUT2D eigenvalue weighted by molar-refractivity contribution is -0.138. The van der Waals surface area contributed by atoms with Gasteiger partial charge in [-0.15, -0.1) is 0 Å². The van der Waals surface area contributed by atoms with Gasteiger partial charge in [-0.25, -0.2) is 13.1 Å². The van der Waals surface area contributed by atoms with E-state index in [-0.39, 0.29) is 10.9 Å². The molecule has 1 aromatic rings. The van der Waals surface area contributed by atoms with Gasteiger partial charge in [0, 0.05) is 6.04 Å². The maximum absolute atomic E-state index is 11.9. The second-order valence-electron chi connectivity index (χ2n) is 4.52. The smallest absolute Gasteiger partial charge is 0.310 e. The van der Waals surface area contributed by atoms with Crippen molar-refractivity contribution in [3.63, 3.8) is 0 Å². The van der Waals surface area contributed by atoms with Crippen molar-refractivity contribution in [1.82, 2.24) is 4.72 Å². The number of carbonyl (C=O) groups is 1. The SMILES string of the molecule is CC(C(=O)O)c1ccc(S(=O)(=O)NC2CC2)cc1. The van der Waals surface area contributed by atoms with Gasteiger partial charge in [0.05, 0.1) is 10.8 Å². The van der Waals surface area contributed by atoms with Gasteiger partial charge in [0.15, 0.2) is 0 Å². The number of benzene rings is 1. The summed E-state index contributed by atoms with van der Waals surface area (Å²) in [6, 6.07) is 6.03. The monoisotopic (exact) mass is 269 g/mol. The van der Waals surface area contributed by atoms with E-state index < -0.39 is 21.9 Å². The molecule has 1 aromatic carbocycles. The maximum atomic E-state index is 11.9. The molecule has 0 aliphatic heterocycles. The van der Waals surface area contributed by atoms with Crippen LogP contribution in [0, 0.1) is 0 Å². The van der Waals surface area contributed by atoms with Gasteiger partial charge in [0.1, 0.15) is 0 Å². The van der Waals surface area contributed by atoms with Gasteiger partial charge in [-0.05, 0) is 37.5 Å². The molecule has 0 bridgehead atoms. The van der Waals surface area contributed by atoms with Crippen molar-refractivity contribution in [2.24, 2.45) is 0 Å². The van der Waals surface area contributed by atoms with Crippen LogP contribution in [0.4, 0.5) is 0 Å². The predicted octanol–water partition coefficient (Wildman–Crippen LogP) is 1.32. The molecule has 2 N–H and O–H groups in total. The van der Waals surface area contributed by atoms with E-state index in [1.807, 2.05) is 0 Å². The number of aliphatic carboxylic acids is 1. The Hall–Kier alpha value is -1.40. The Bertz CT molecular complexity index is 546. The van der Waals surface area contributed by atoms with E-state index in [0.29, 0.717) is 5.56 Å². The van der Waals surface area contributed by atoms with Crippen molar-refractivity contribution in [3.8, 4) is 0 Å². The molecule has 1 unspecified atom stereocenters. The summed E-state index contributed by atoms with van der Waals surface area (Å²) >= 11 is 0. The molecule has 18 heavy (non-hydrogen) atoms. The van der Waals surface area contributed by atoms with E-state index in [9.17, 15) is 13.2 Å². The van der Waals surface area contributed by atoms with Crippen molar-refractivity contribution in [3.05, 3.63) is 29.8 Å². The van der Waals surface area contributed by atoms with Crippen LogP contribution in [-0.2, 0) is 14.8 Å². The number of rotatable bonds is 5. The molecular weight excluding hydrogens is 254 g/mol. The zero-order valence-electron chi connectivity index (χ0n) is 9.96. The standard InChI is InChI=1S/C12H15NO4S/c1-8(12(14)15)9-2-6-11(7-3-9)18(16,17)13-10-4-5-10/h2-3,6-8,10,13H,4-5H2,1H3,(H,14,15). The number of carboxylic acids is 1. The van der Waals surface area contributed by atoms with Gasteiger partial charge in [-0.1, -0.05) is 12.1 Å². The first-order chi connectivity index (χ1) is 8.40. The highest BCUT2D eigenvalue weighted by Crippen LogP contribution is 2.23. The third-order valence-electron chi connectivity index (χ3n) is 2.96. The number of carboxylic acid groups (broad SMARTS) is 1.